The van der Waals surface area contributed by atoms with Crippen LogP contribution in [0.2, 0.25) is 0 Å². The minimum Gasteiger partial charge on any atom is -0.307 e. The first-order valence-corrected chi connectivity index (χ1v) is 11.5. The molecule has 0 radical (unpaired) electrons. The predicted octanol–water partition coefficient (Wildman–Crippen LogP) is 5.91. The summed E-state index contributed by atoms with van der Waals surface area (Å²) in [7, 11) is 0. The summed E-state index contributed by atoms with van der Waals surface area (Å²) in [6.45, 7) is 15.5. The van der Waals surface area contributed by atoms with Crippen LogP contribution in [-0.4, -0.2) is 30.8 Å². The Morgan fingerprint density at radius 1 is 0.969 bits per heavy atom. The molecule has 168 valence electrons. The molecule has 3 aromatic heterocycles. The van der Waals surface area contributed by atoms with E-state index in [1.807, 2.05) is 10.7 Å². The lowest BCUT2D eigenvalue weighted by atomic mass is 9.93. The van der Waals surface area contributed by atoms with Crippen LogP contribution in [0.15, 0.2) is 42.9 Å². The molecule has 2 N–H and O–H groups in total. The van der Waals surface area contributed by atoms with Gasteiger partial charge in [-0.2, -0.15) is 10.2 Å². The highest BCUT2D eigenvalue weighted by atomic mass is 15.3. The molecule has 0 bridgehead atoms. The number of aromatic nitrogens is 5. The van der Waals surface area contributed by atoms with Crippen LogP contribution < -0.4 is 5.32 Å². The van der Waals surface area contributed by atoms with Gasteiger partial charge in [-0.1, -0.05) is 52.0 Å². The van der Waals surface area contributed by atoms with Crippen LogP contribution in [0, 0.1) is 12.8 Å². The average Bonchev–Trinajstić information content (AvgIpc) is 3.41. The molecule has 0 aliphatic rings. The van der Waals surface area contributed by atoms with Crippen molar-refractivity contribution in [3.63, 3.8) is 0 Å². The summed E-state index contributed by atoms with van der Waals surface area (Å²) in [4.78, 5) is 4.33. The van der Waals surface area contributed by atoms with Gasteiger partial charge in [-0.05, 0) is 49.8 Å². The Bertz CT molecular complexity index is 1200. The van der Waals surface area contributed by atoms with Gasteiger partial charge in [0.2, 0.25) is 0 Å². The number of hydrogen-bond donors (Lipinski definition) is 2. The zero-order chi connectivity index (χ0) is 23.0. The number of rotatable bonds is 7. The fourth-order valence-corrected chi connectivity index (χ4v) is 4.20. The minimum absolute atomic E-state index is 0.304. The maximum absolute atomic E-state index is 4.74. The molecule has 0 aliphatic heterocycles. The Labute approximate surface area is 190 Å². The van der Waals surface area contributed by atoms with Crippen molar-refractivity contribution in [2.24, 2.45) is 5.92 Å². The van der Waals surface area contributed by atoms with Crippen LogP contribution in [0.1, 0.15) is 70.2 Å². The van der Waals surface area contributed by atoms with E-state index in [-0.39, 0.29) is 0 Å². The number of H-pyrrole nitrogens is 1. The molecule has 2 atom stereocenters. The molecule has 4 rings (SSSR count). The fraction of sp³-hybridized carbons (Fsp3) is 0.423. The third-order valence-electron chi connectivity index (χ3n) is 6.43. The summed E-state index contributed by atoms with van der Waals surface area (Å²) in [6.07, 6.45) is 3.61. The van der Waals surface area contributed by atoms with E-state index in [4.69, 9.17) is 5.10 Å². The Morgan fingerprint density at radius 3 is 2.34 bits per heavy atom. The third kappa shape index (κ3) is 4.19. The lowest BCUT2D eigenvalue weighted by Gasteiger charge is -2.23. The molecular weight excluding hydrogens is 396 g/mol. The van der Waals surface area contributed by atoms with Crippen LogP contribution in [0.3, 0.4) is 0 Å². The van der Waals surface area contributed by atoms with Gasteiger partial charge in [0.05, 0.1) is 11.4 Å². The molecule has 1 aromatic carbocycles. The summed E-state index contributed by atoms with van der Waals surface area (Å²) < 4.78 is 1.83. The maximum Gasteiger partial charge on any atom is 0.158 e. The number of nitrogens with zero attached hydrogens (tertiary/aromatic N) is 4. The van der Waals surface area contributed by atoms with Gasteiger partial charge in [0.25, 0.3) is 0 Å². The summed E-state index contributed by atoms with van der Waals surface area (Å²) in [5.41, 5.74) is 8.72. The highest BCUT2D eigenvalue weighted by Crippen LogP contribution is 2.36. The Balaban J connectivity index is 1.68. The van der Waals surface area contributed by atoms with Crippen LogP contribution >= 0.6 is 0 Å². The van der Waals surface area contributed by atoms with E-state index >= 15 is 0 Å². The highest BCUT2D eigenvalue weighted by Gasteiger charge is 2.20. The zero-order valence-electron chi connectivity index (χ0n) is 20.1. The number of fused-ring (bicyclic) bond motifs is 1. The largest absolute Gasteiger partial charge is 0.307 e. The van der Waals surface area contributed by atoms with E-state index in [1.54, 1.807) is 6.33 Å². The second kappa shape index (κ2) is 8.87. The summed E-state index contributed by atoms with van der Waals surface area (Å²) in [5, 5.41) is 16.1. The minimum atomic E-state index is 0.304. The second-order valence-corrected chi connectivity index (χ2v) is 9.50. The SMILES string of the molecule is Cc1cc(-c2[nH]nc(-c3ccc([C@H](C)NC(C)C(C)C)cc3)c2C(C)C)cn2ncnc12. The van der Waals surface area contributed by atoms with Crippen LogP contribution in [0.4, 0.5) is 0 Å². The molecular formula is C26H34N6. The van der Waals surface area contributed by atoms with Crippen molar-refractivity contribution in [1.82, 2.24) is 30.1 Å². The number of benzene rings is 1. The van der Waals surface area contributed by atoms with Crippen LogP contribution in [0.5, 0.6) is 0 Å². The van der Waals surface area contributed by atoms with Gasteiger partial charge in [-0.15, -0.1) is 0 Å². The molecule has 6 heteroatoms. The maximum atomic E-state index is 4.74. The predicted molar refractivity (Wildman–Crippen MR) is 131 cm³/mol. The van der Waals surface area contributed by atoms with Gasteiger partial charge in [-0.3, -0.25) is 5.10 Å². The van der Waals surface area contributed by atoms with Crippen molar-refractivity contribution in [3.05, 3.63) is 59.5 Å². The Hall–Kier alpha value is -2.99. The van der Waals surface area contributed by atoms with Gasteiger partial charge in [0.1, 0.15) is 6.33 Å². The Morgan fingerprint density at radius 2 is 1.69 bits per heavy atom. The highest BCUT2D eigenvalue weighted by molar-refractivity contribution is 5.75. The summed E-state index contributed by atoms with van der Waals surface area (Å²) in [6, 6.07) is 11.7. The van der Waals surface area contributed by atoms with Crippen molar-refractivity contribution < 1.29 is 0 Å². The first kappa shape index (κ1) is 22.2. The van der Waals surface area contributed by atoms with E-state index in [2.05, 4.69) is 99.3 Å². The molecule has 0 spiro atoms. The van der Waals surface area contributed by atoms with E-state index in [0.717, 1.165) is 33.7 Å². The molecule has 0 amide bonds. The number of nitrogens with one attached hydrogen (secondary N) is 2. The van der Waals surface area contributed by atoms with Crippen LogP contribution in [0.25, 0.3) is 28.2 Å². The molecule has 4 aromatic rings. The molecule has 3 heterocycles. The van der Waals surface area contributed by atoms with Gasteiger partial charge in [-0.25, -0.2) is 9.50 Å². The van der Waals surface area contributed by atoms with Gasteiger partial charge >= 0.3 is 0 Å². The molecule has 0 aliphatic carbocycles. The standard InChI is InChI=1S/C26H34N6/c1-15(2)18(6)29-19(7)20-8-10-21(11-9-20)24-23(16(3)4)25(31-30-24)22-12-17(5)26-27-14-28-32(26)13-22/h8-16,18-19,29H,1-7H3,(H,30,31)/t18?,19-/m0/s1. The zero-order valence-corrected chi connectivity index (χ0v) is 20.1. The van der Waals surface area contributed by atoms with Gasteiger partial charge in [0, 0.05) is 35.0 Å². The molecule has 0 saturated heterocycles. The van der Waals surface area contributed by atoms with E-state index in [0.29, 0.717) is 23.9 Å². The normalized spacial score (nSPS) is 13.9. The van der Waals surface area contributed by atoms with Crippen LogP contribution in [-0.2, 0) is 0 Å². The van der Waals surface area contributed by atoms with Crippen molar-refractivity contribution in [2.75, 3.05) is 0 Å². The average molecular weight is 431 g/mol. The second-order valence-electron chi connectivity index (χ2n) is 9.50. The smallest absolute Gasteiger partial charge is 0.158 e. The van der Waals surface area contributed by atoms with Crippen molar-refractivity contribution in [3.8, 4) is 22.5 Å². The number of aryl methyl sites for hydroxylation is 1. The quantitative estimate of drug-likeness (QED) is 0.382. The third-order valence-corrected chi connectivity index (χ3v) is 6.43. The number of pyridine rings is 1. The lowest BCUT2D eigenvalue weighted by Crippen LogP contribution is -2.32. The molecule has 0 saturated carbocycles. The number of hydrogen-bond acceptors (Lipinski definition) is 4. The lowest BCUT2D eigenvalue weighted by molar-refractivity contribution is 0.389. The molecule has 0 fully saturated rings. The summed E-state index contributed by atoms with van der Waals surface area (Å²) >= 11 is 0. The summed E-state index contributed by atoms with van der Waals surface area (Å²) in [5.74, 6) is 0.922. The molecule has 6 nitrogen and oxygen atoms in total. The van der Waals surface area contributed by atoms with Crippen molar-refractivity contribution in [1.29, 1.82) is 0 Å². The number of aromatic amines is 1. The monoisotopic (exact) mass is 430 g/mol. The topological polar surface area (TPSA) is 70.9 Å². The first-order chi connectivity index (χ1) is 15.3. The molecule has 32 heavy (non-hydrogen) atoms. The van der Waals surface area contributed by atoms with E-state index in [9.17, 15) is 0 Å². The van der Waals surface area contributed by atoms with E-state index in [1.165, 1.54) is 11.1 Å². The fourth-order valence-electron chi connectivity index (χ4n) is 4.20. The molecule has 1 unspecified atom stereocenters. The first-order valence-electron chi connectivity index (χ1n) is 11.5. The van der Waals surface area contributed by atoms with Crippen molar-refractivity contribution >= 4 is 5.65 Å². The van der Waals surface area contributed by atoms with E-state index < -0.39 is 0 Å². The van der Waals surface area contributed by atoms with Gasteiger partial charge in [0.15, 0.2) is 5.65 Å². The van der Waals surface area contributed by atoms with Gasteiger partial charge < -0.3 is 5.32 Å². The van der Waals surface area contributed by atoms with Crippen molar-refractivity contribution in [2.45, 2.75) is 66.5 Å². The Kier molecular flexibility index (Phi) is 6.15.